The average molecular weight is 296 g/mol. The molecule has 1 aliphatic carbocycles. The van der Waals surface area contributed by atoms with Crippen molar-refractivity contribution in [2.75, 3.05) is 13.1 Å². The minimum Gasteiger partial charge on any atom is -0.481 e. The summed E-state index contributed by atoms with van der Waals surface area (Å²) in [7, 11) is 0. The minimum atomic E-state index is -0.776. The van der Waals surface area contributed by atoms with E-state index in [1.54, 1.807) is 0 Å². The van der Waals surface area contributed by atoms with Crippen LogP contribution in [-0.2, 0) is 4.79 Å². The number of piperidine rings is 1. The Morgan fingerprint density at radius 3 is 2.43 bits per heavy atom. The number of aliphatic carboxylic acids is 1. The number of hydrogen-bond donors (Lipinski definition) is 2. The Balaban J connectivity index is 1.82. The Morgan fingerprint density at radius 2 is 1.81 bits per heavy atom. The molecule has 0 radical (unpaired) electrons. The Bertz CT molecular complexity index is 365. The molecule has 2 N–H and O–H groups in total. The van der Waals surface area contributed by atoms with E-state index >= 15 is 0 Å². The van der Waals surface area contributed by atoms with E-state index in [0.717, 1.165) is 51.1 Å². The third kappa shape index (κ3) is 4.35. The number of carbonyl (C=O) groups excluding carboxylic acids is 1. The van der Waals surface area contributed by atoms with Gasteiger partial charge in [-0.05, 0) is 31.6 Å². The fourth-order valence-electron chi connectivity index (χ4n) is 3.68. The van der Waals surface area contributed by atoms with Gasteiger partial charge in [0.05, 0.1) is 5.92 Å². The van der Waals surface area contributed by atoms with Crippen molar-refractivity contribution in [3.05, 3.63) is 0 Å². The lowest BCUT2D eigenvalue weighted by atomic mass is 9.84. The number of carboxylic acid groups (broad SMARTS) is 1. The number of urea groups is 1. The van der Waals surface area contributed by atoms with Gasteiger partial charge < -0.3 is 15.3 Å². The van der Waals surface area contributed by atoms with Gasteiger partial charge in [-0.3, -0.25) is 4.79 Å². The predicted molar refractivity (Wildman–Crippen MR) is 81.1 cm³/mol. The van der Waals surface area contributed by atoms with Gasteiger partial charge >= 0.3 is 12.0 Å². The molecule has 1 aliphatic heterocycles. The number of amides is 2. The number of carboxylic acids is 1. The Morgan fingerprint density at radius 1 is 1.14 bits per heavy atom. The molecule has 5 heteroatoms. The van der Waals surface area contributed by atoms with Crippen LogP contribution in [0, 0.1) is 11.8 Å². The normalized spacial score (nSPS) is 27.4. The van der Waals surface area contributed by atoms with Gasteiger partial charge in [0.1, 0.15) is 0 Å². The fraction of sp³-hybridized carbons (Fsp3) is 0.875. The molecule has 1 heterocycles. The number of rotatable bonds is 4. The molecule has 2 aliphatic rings. The van der Waals surface area contributed by atoms with Gasteiger partial charge in [-0.15, -0.1) is 0 Å². The van der Waals surface area contributed by atoms with Crippen LogP contribution in [0.5, 0.6) is 0 Å². The van der Waals surface area contributed by atoms with Crippen molar-refractivity contribution in [1.82, 2.24) is 10.2 Å². The predicted octanol–water partition coefficient (Wildman–Crippen LogP) is 2.85. The zero-order valence-corrected chi connectivity index (χ0v) is 13.0. The fourth-order valence-corrected chi connectivity index (χ4v) is 3.68. The Kier molecular flexibility index (Phi) is 5.88. The van der Waals surface area contributed by atoms with Gasteiger partial charge in [0.15, 0.2) is 0 Å². The van der Waals surface area contributed by atoms with Gasteiger partial charge in [0.2, 0.25) is 0 Å². The summed E-state index contributed by atoms with van der Waals surface area (Å²) in [5.41, 5.74) is 0. The first-order valence-corrected chi connectivity index (χ1v) is 8.40. The number of likely N-dealkylation sites (tertiary alicyclic amines) is 1. The highest BCUT2D eigenvalue weighted by molar-refractivity contribution is 5.77. The number of nitrogens with one attached hydrogen (secondary N) is 1. The Labute approximate surface area is 127 Å². The molecule has 2 amide bonds. The van der Waals surface area contributed by atoms with E-state index in [4.69, 9.17) is 0 Å². The van der Waals surface area contributed by atoms with Crippen LogP contribution in [0.2, 0.25) is 0 Å². The largest absolute Gasteiger partial charge is 0.481 e. The van der Waals surface area contributed by atoms with Crippen LogP contribution in [0.1, 0.15) is 58.3 Å². The van der Waals surface area contributed by atoms with Crippen molar-refractivity contribution in [1.29, 1.82) is 0 Å². The average Bonchev–Trinajstić information content (AvgIpc) is 2.48. The molecule has 1 saturated heterocycles. The van der Waals surface area contributed by atoms with Crippen LogP contribution in [-0.4, -0.2) is 41.1 Å². The van der Waals surface area contributed by atoms with Gasteiger partial charge in [-0.1, -0.05) is 32.6 Å². The maximum atomic E-state index is 12.3. The minimum absolute atomic E-state index is 0.0666. The van der Waals surface area contributed by atoms with E-state index in [9.17, 15) is 14.7 Å². The summed E-state index contributed by atoms with van der Waals surface area (Å²) < 4.78 is 0. The second-order valence-corrected chi connectivity index (χ2v) is 6.50. The van der Waals surface area contributed by atoms with E-state index in [1.807, 2.05) is 4.90 Å². The van der Waals surface area contributed by atoms with Gasteiger partial charge in [-0.25, -0.2) is 4.79 Å². The summed E-state index contributed by atoms with van der Waals surface area (Å²) in [6.07, 6.45) is 8.04. The first-order valence-electron chi connectivity index (χ1n) is 8.40. The van der Waals surface area contributed by atoms with Crippen LogP contribution in [0.4, 0.5) is 4.79 Å². The lowest BCUT2D eigenvalue weighted by molar-refractivity contribution is -0.143. The summed E-state index contributed by atoms with van der Waals surface area (Å²) in [6.45, 7) is 3.82. The zero-order chi connectivity index (χ0) is 15.2. The van der Waals surface area contributed by atoms with Gasteiger partial charge in [-0.2, -0.15) is 0 Å². The van der Waals surface area contributed by atoms with E-state index in [0.29, 0.717) is 6.42 Å². The second-order valence-electron chi connectivity index (χ2n) is 6.50. The van der Waals surface area contributed by atoms with Crippen LogP contribution in [0.15, 0.2) is 0 Å². The molecular formula is C16H28N2O3. The third-order valence-corrected chi connectivity index (χ3v) is 4.99. The smallest absolute Gasteiger partial charge is 0.317 e. The summed E-state index contributed by atoms with van der Waals surface area (Å²) in [5, 5.41) is 12.2. The molecule has 2 atom stereocenters. The molecule has 2 fully saturated rings. The van der Waals surface area contributed by atoms with Crippen molar-refractivity contribution in [3.63, 3.8) is 0 Å². The second kappa shape index (κ2) is 7.66. The maximum absolute atomic E-state index is 12.3. The number of nitrogens with zero attached hydrogens (tertiary/aromatic N) is 1. The van der Waals surface area contributed by atoms with Crippen LogP contribution >= 0.6 is 0 Å². The van der Waals surface area contributed by atoms with Gasteiger partial charge in [0.25, 0.3) is 0 Å². The van der Waals surface area contributed by atoms with Crippen molar-refractivity contribution >= 4 is 12.0 Å². The molecule has 1 saturated carbocycles. The van der Waals surface area contributed by atoms with E-state index in [-0.39, 0.29) is 12.1 Å². The monoisotopic (exact) mass is 296 g/mol. The Hall–Kier alpha value is -1.26. The molecule has 2 rings (SSSR count). The summed E-state index contributed by atoms with van der Waals surface area (Å²) >= 11 is 0. The third-order valence-electron chi connectivity index (χ3n) is 4.99. The molecular weight excluding hydrogens is 268 g/mol. The van der Waals surface area contributed by atoms with E-state index < -0.39 is 11.9 Å². The molecule has 0 aromatic rings. The van der Waals surface area contributed by atoms with Crippen LogP contribution in [0.25, 0.3) is 0 Å². The van der Waals surface area contributed by atoms with Gasteiger partial charge in [0, 0.05) is 19.1 Å². The lowest BCUT2D eigenvalue weighted by Crippen LogP contribution is -2.51. The molecule has 21 heavy (non-hydrogen) atoms. The highest BCUT2D eigenvalue weighted by Crippen LogP contribution is 2.26. The summed E-state index contributed by atoms with van der Waals surface area (Å²) in [6, 6.07) is -0.264. The van der Waals surface area contributed by atoms with E-state index in [2.05, 4.69) is 12.2 Å². The molecule has 0 aromatic heterocycles. The van der Waals surface area contributed by atoms with Crippen LogP contribution in [0.3, 0.4) is 0 Å². The number of carbonyl (C=O) groups is 2. The van der Waals surface area contributed by atoms with Crippen molar-refractivity contribution in [2.24, 2.45) is 11.8 Å². The maximum Gasteiger partial charge on any atom is 0.317 e. The highest BCUT2D eigenvalue weighted by atomic mass is 16.4. The molecule has 120 valence electrons. The lowest BCUT2D eigenvalue weighted by Gasteiger charge is -2.35. The van der Waals surface area contributed by atoms with Crippen molar-refractivity contribution in [2.45, 2.75) is 64.3 Å². The van der Waals surface area contributed by atoms with Crippen molar-refractivity contribution < 1.29 is 14.7 Å². The SMILES string of the molecule is CCCC1CCN(C(=O)NC2CCCCC2C(=O)O)CC1. The zero-order valence-electron chi connectivity index (χ0n) is 13.0. The van der Waals surface area contributed by atoms with Crippen molar-refractivity contribution in [3.8, 4) is 0 Å². The molecule has 0 spiro atoms. The molecule has 0 aromatic carbocycles. The highest BCUT2D eigenvalue weighted by Gasteiger charge is 2.33. The molecule has 5 nitrogen and oxygen atoms in total. The summed E-state index contributed by atoms with van der Waals surface area (Å²) in [4.78, 5) is 25.5. The standard InChI is InChI=1S/C16H28N2O3/c1-2-5-12-8-10-18(11-9-12)16(21)17-14-7-4-3-6-13(14)15(19)20/h12-14H,2-11H2,1H3,(H,17,21)(H,19,20). The topological polar surface area (TPSA) is 69.6 Å². The summed E-state index contributed by atoms with van der Waals surface area (Å²) in [5.74, 6) is -0.442. The van der Waals surface area contributed by atoms with E-state index in [1.165, 1.54) is 12.8 Å². The molecule has 2 unspecified atom stereocenters. The molecule has 0 bridgehead atoms. The quantitative estimate of drug-likeness (QED) is 0.838. The first-order chi connectivity index (χ1) is 10.1. The van der Waals surface area contributed by atoms with Crippen LogP contribution < -0.4 is 5.32 Å². The first kappa shape index (κ1) is 16.1. The number of hydrogen-bond acceptors (Lipinski definition) is 2.